The van der Waals surface area contributed by atoms with Crippen LogP contribution in [0.15, 0.2) is 122 Å². The number of pyridine rings is 1. The lowest BCUT2D eigenvalue weighted by atomic mass is 9.85. The van der Waals surface area contributed by atoms with Gasteiger partial charge in [0.1, 0.15) is 17.2 Å². The first-order valence-electron chi connectivity index (χ1n) is 18.7. The molecule has 16 heteroatoms. The fourth-order valence-corrected chi connectivity index (χ4v) is 6.21. The predicted octanol–water partition coefficient (Wildman–Crippen LogP) is 10.7. The van der Waals surface area contributed by atoms with Crippen LogP contribution in [0.1, 0.15) is 55.5 Å². The number of nitrogens with one attached hydrogen (secondary N) is 1. The third kappa shape index (κ3) is 10.8. The lowest BCUT2D eigenvalue weighted by Crippen LogP contribution is -2.54. The second-order valence-corrected chi connectivity index (χ2v) is 14.3. The molecular weight excluding hydrogens is 797 g/mol. The van der Waals surface area contributed by atoms with Crippen molar-refractivity contribution in [3.05, 3.63) is 149 Å². The van der Waals surface area contributed by atoms with Crippen LogP contribution in [-0.2, 0) is 40.3 Å². The van der Waals surface area contributed by atoms with Gasteiger partial charge in [0.2, 0.25) is 5.91 Å². The molecule has 0 radical (unpaired) electrons. The van der Waals surface area contributed by atoms with Gasteiger partial charge in [0, 0.05) is 36.8 Å². The Morgan fingerprint density at radius 3 is 2.03 bits per heavy atom. The quantitative estimate of drug-likeness (QED) is 0.118. The minimum absolute atomic E-state index is 0.0124. The Bertz CT molecular complexity index is 2190. The molecule has 1 N–H and O–H groups in total. The lowest BCUT2D eigenvalue weighted by molar-refractivity contribution is -0.348. The Labute approximate surface area is 342 Å². The summed E-state index contributed by atoms with van der Waals surface area (Å²) in [6.45, 7) is 8.72. The summed E-state index contributed by atoms with van der Waals surface area (Å²) in [5, 5.41) is 0.835. The van der Waals surface area contributed by atoms with Crippen LogP contribution in [0.25, 0.3) is 0 Å². The van der Waals surface area contributed by atoms with Gasteiger partial charge in [-0.15, -0.1) is 0 Å². The van der Waals surface area contributed by atoms with E-state index in [9.17, 15) is 40.3 Å². The number of alkyl halides is 7. The predicted molar refractivity (Wildman–Crippen MR) is 210 cm³/mol. The molecule has 4 aromatic carbocycles. The van der Waals surface area contributed by atoms with E-state index < -0.39 is 42.1 Å². The van der Waals surface area contributed by atoms with Gasteiger partial charge in [0.15, 0.2) is 0 Å². The first-order chi connectivity index (χ1) is 28.3. The number of urea groups is 1. The van der Waals surface area contributed by atoms with Crippen LogP contribution in [0.2, 0.25) is 0 Å². The van der Waals surface area contributed by atoms with E-state index in [1.165, 1.54) is 18.0 Å². The zero-order chi connectivity index (χ0) is 43.7. The summed E-state index contributed by atoms with van der Waals surface area (Å²) in [6.07, 6.45) is -9.62. The second-order valence-electron chi connectivity index (χ2n) is 14.3. The molecule has 1 aromatic heterocycles. The number of hydrogen-bond donors (Lipinski definition) is 1. The number of hydrogen-bond acceptors (Lipinski definition) is 7. The molecule has 0 fully saturated rings. The van der Waals surface area contributed by atoms with Crippen LogP contribution < -0.4 is 19.8 Å². The Kier molecular flexibility index (Phi) is 14.2. The molecule has 1 aliphatic rings. The molecule has 60 heavy (non-hydrogen) atoms. The third-order valence-electron chi connectivity index (χ3n) is 9.32. The van der Waals surface area contributed by atoms with Gasteiger partial charge in [-0.25, -0.2) is 19.5 Å². The molecule has 0 unspecified atom stereocenters. The molecule has 2 heterocycles. The Hall–Kier alpha value is -6.00. The number of carbonyl (C=O) groups is 2. The number of ether oxygens (including phenoxy) is 3. The average molecular weight is 841 g/mol. The molecule has 3 amide bonds. The van der Waals surface area contributed by atoms with Crippen molar-refractivity contribution in [2.45, 2.75) is 70.8 Å². The number of carbonyl (C=O) groups excluding carboxylic acids is 2. The van der Waals surface area contributed by atoms with Gasteiger partial charge < -0.3 is 14.2 Å². The number of para-hydroxylation sites is 1. The molecule has 9 nitrogen and oxygen atoms in total. The molecule has 0 saturated carbocycles. The van der Waals surface area contributed by atoms with Gasteiger partial charge in [-0.2, -0.15) is 26.3 Å². The summed E-state index contributed by atoms with van der Waals surface area (Å²) in [6, 6.07) is 29.8. The van der Waals surface area contributed by atoms with E-state index in [1.807, 2.05) is 67.6 Å². The Balaban J connectivity index is 0.000000230. The number of rotatable bonds is 13. The largest absolute Gasteiger partial charge is 0.494 e. The van der Waals surface area contributed by atoms with E-state index in [4.69, 9.17) is 14.2 Å². The van der Waals surface area contributed by atoms with E-state index in [-0.39, 0.29) is 29.3 Å². The summed E-state index contributed by atoms with van der Waals surface area (Å²) >= 11 is 0. The molecule has 1 aliphatic heterocycles. The van der Waals surface area contributed by atoms with Gasteiger partial charge in [-0.05, 0) is 83.8 Å². The number of anilines is 1. The third-order valence-corrected chi connectivity index (χ3v) is 9.32. The van der Waals surface area contributed by atoms with Gasteiger partial charge >= 0.3 is 24.1 Å². The Morgan fingerprint density at radius 2 is 1.42 bits per heavy atom. The summed E-state index contributed by atoms with van der Waals surface area (Å²) in [5.41, 5.74) is -2.37. The molecular formula is C44H43F7N4O5. The molecule has 6 rings (SSSR count). The SMILES string of the molecule is CC(=O)N1C(=O)N(NCc2cccnc2)Cc2cc(C(F)(C(F)(F)F)C(F)(F)F)ccc21.CCOc1ccc(C(C)(C)COCc2cccc(Oc3ccccc3)c2)cc1. The zero-order valence-corrected chi connectivity index (χ0v) is 33.1. The van der Waals surface area contributed by atoms with E-state index in [0.29, 0.717) is 42.4 Å². The minimum Gasteiger partial charge on any atom is -0.494 e. The minimum atomic E-state index is -6.29. The highest BCUT2D eigenvalue weighted by Crippen LogP contribution is 2.54. The normalized spacial score (nSPS) is 13.3. The fourth-order valence-electron chi connectivity index (χ4n) is 6.21. The number of nitrogens with zero attached hydrogens (tertiary/aromatic N) is 3. The number of hydrazine groups is 1. The summed E-state index contributed by atoms with van der Waals surface area (Å²) in [5.74, 6) is 1.71. The van der Waals surface area contributed by atoms with Crippen LogP contribution in [0.4, 0.5) is 41.2 Å². The number of imide groups is 1. The van der Waals surface area contributed by atoms with E-state index >= 15 is 0 Å². The maximum Gasteiger partial charge on any atom is 0.435 e. The zero-order valence-electron chi connectivity index (χ0n) is 33.1. The van der Waals surface area contributed by atoms with Gasteiger partial charge in [-0.1, -0.05) is 68.4 Å². The number of amides is 3. The monoisotopic (exact) mass is 840 g/mol. The molecule has 5 aromatic rings. The highest BCUT2D eigenvalue weighted by molar-refractivity contribution is 6.14. The summed E-state index contributed by atoms with van der Waals surface area (Å²) < 4.78 is 111. The second kappa shape index (κ2) is 18.9. The van der Waals surface area contributed by atoms with Gasteiger partial charge in [-0.3, -0.25) is 14.8 Å². The van der Waals surface area contributed by atoms with Crippen LogP contribution in [-0.4, -0.2) is 47.5 Å². The first kappa shape index (κ1) is 45.1. The van der Waals surface area contributed by atoms with Crippen molar-refractivity contribution < 1.29 is 54.5 Å². The van der Waals surface area contributed by atoms with Crippen LogP contribution in [0.5, 0.6) is 17.2 Å². The summed E-state index contributed by atoms with van der Waals surface area (Å²) in [7, 11) is 0. The maximum absolute atomic E-state index is 14.5. The van der Waals surface area contributed by atoms with Gasteiger partial charge in [0.25, 0.3) is 0 Å². The van der Waals surface area contributed by atoms with Crippen molar-refractivity contribution >= 4 is 17.6 Å². The van der Waals surface area contributed by atoms with Crippen molar-refractivity contribution in [1.29, 1.82) is 0 Å². The smallest absolute Gasteiger partial charge is 0.435 e. The van der Waals surface area contributed by atoms with E-state index in [1.54, 1.807) is 12.1 Å². The van der Waals surface area contributed by atoms with Crippen molar-refractivity contribution in [3.63, 3.8) is 0 Å². The number of benzene rings is 4. The van der Waals surface area contributed by atoms with E-state index in [0.717, 1.165) is 34.7 Å². The van der Waals surface area contributed by atoms with Crippen molar-refractivity contribution in [2.24, 2.45) is 0 Å². The highest BCUT2D eigenvalue weighted by Gasteiger charge is 2.73. The fraction of sp³-hybridized carbons (Fsp3) is 0.295. The first-order valence-corrected chi connectivity index (χ1v) is 18.7. The van der Waals surface area contributed by atoms with E-state index in [2.05, 4.69) is 42.5 Å². The molecule has 0 bridgehead atoms. The molecule has 0 spiro atoms. The summed E-state index contributed by atoms with van der Waals surface area (Å²) in [4.78, 5) is 29.1. The Morgan fingerprint density at radius 1 is 0.767 bits per heavy atom. The number of aromatic nitrogens is 1. The molecule has 318 valence electrons. The average Bonchev–Trinajstić information content (AvgIpc) is 3.20. The van der Waals surface area contributed by atoms with Crippen LogP contribution in [0.3, 0.4) is 0 Å². The van der Waals surface area contributed by atoms with Crippen molar-refractivity contribution in [1.82, 2.24) is 15.4 Å². The number of halogens is 7. The highest BCUT2D eigenvalue weighted by atomic mass is 19.4. The van der Waals surface area contributed by atoms with Crippen LogP contribution >= 0.6 is 0 Å². The molecule has 0 saturated heterocycles. The standard InChI is InChI=1S/C25H28O3.C19H15F7N4O2/c1-4-27-22-15-13-21(14-16-22)25(2,3)19-26-18-20-9-8-12-24(17-20)28-23-10-6-5-7-11-23;1-11(31)30-15-5-4-14(17(20,18(21,22)23)19(24,25)26)7-13(15)10-29(16(30)32)28-9-12-3-2-6-27-8-12/h5-17H,4,18-19H2,1-3H3;2-8,28H,9-10H2,1H3. The molecule has 0 aliphatic carbocycles. The number of fused-ring (bicyclic) bond motifs is 1. The lowest BCUT2D eigenvalue weighted by Gasteiger charge is -2.37. The maximum atomic E-state index is 14.5. The van der Waals surface area contributed by atoms with Crippen molar-refractivity contribution in [3.8, 4) is 17.2 Å². The molecule has 0 atom stereocenters. The van der Waals surface area contributed by atoms with Crippen LogP contribution in [0, 0.1) is 0 Å². The van der Waals surface area contributed by atoms with Gasteiger partial charge in [0.05, 0.1) is 32.1 Å². The van der Waals surface area contributed by atoms with Crippen molar-refractivity contribution in [2.75, 3.05) is 18.1 Å². The topological polar surface area (TPSA) is 93.2 Å².